The third kappa shape index (κ3) is 3.14. The highest BCUT2D eigenvalue weighted by Crippen LogP contribution is 2.17. The molecule has 7 nitrogen and oxygen atoms in total. The Kier molecular flexibility index (Phi) is 4.10. The van der Waals surface area contributed by atoms with E-state index in [4.69, 9.17) is 0 Å². The molecule has 0 radical (unpaired) electrons. The number of aromatic nitrogens is 5. The molecule has 0 fully saturated rings. The van der Waals surface area contributed by atoms with Crippen molar-refractivity contribution in [3.05, 3.63) is 78.1 Å². The number of carbonyl (C=O) groups excluding carboxylic acids is 1. The van der Waals surface area contributed by atoms with Gasteiger partial charge in [0.25, 0.3) is 5.91 Å². The molecule has 0 aliphatic carbocycles. The molecule has 128 valence electrons. The number of nitrogens with one attached hydrogen (secondary N) is 1. The van der Waals surface area contributed by atoms with Gasteiger partial charge in [0.05, 0.1) is 11.1 Å². The quantitative estimate of drug-likeness (QED) is 0.614. The molecule has 4 rings (SSSR count). The fourth-order valence-electron chi connectivity index (χ4n) is 2.73. The highest BCUT2D eigenvalue weighted by molar-refractivity contribution is 6.05. The van der Waals surface area contributed by atoms with Crippen LogP contribution in [0.3, 0.4) is 0 Å². The maximum atomic E-state index is 12.7. The van der Waals surface area contributed by atoms with Crippen molar-refractivity contribution in [1.29, 1.82) is 0 Å². The minimum absolute atomic E-state index is 0.159. The van der Waals surface area contributed by atoms with Crippen molar-refractivity contribution in [3.63, 3.8) is 0 Å². The Labute approximate surface area is 149 Å². The van der Waals surface area contributed by atoms with Crippen LogP contribution >= 0.6 is 0 Å². The topological polar surface area (TPSA) is 85.6 Å². The van der Waals surface area contributed by atoms with Gasteiger partial charge in [-0.05, 0) is 36.8 Å². The van der Waals surface area contributed by atoms with E-state index >= 15 is 0 Å². The van der Waals surface area contributed by atoms with E-state index in [1.54, 1.807) is 23.3 Å². The number of para-hydroxylation sites is 1. The van der Waals surface area contributed by atoms with Crippen molar-refractivity contribution in [1.82, 2.24) is 30.0 Å². The van der Waals surface area contributed by atoms with Gasteiger partial charge in [-0.25, -0.2) is 14.6 Å². The normalized spacial score (nSPS) is 10.8. The van der Waals surface area contributed by atoms with Crippen molar-refractivity contribution in [3.8, 4) is 5.82 Å². The first kappa shape index (κ1) is 15.9. The minimum atomic E-state index is -0.159. The molecule has 0 saturated heterocycles. The van der Waals surface area contributed by atoms with Crippen LogP contribution in [0.5, 0.6) is 0 Å². The lowest BCUT2D eigenvalue weighted by Gasteiger charge is -2.09. The molecule has 4 aromatic rings. The zero-order valence-corrected chi connectivity index (χ0v) is 14.1. The van der Waals surface area contributed by atoms with Crippen LogP contribution in [0.4, 0.5) is 0 Å². The number of carbonyl (C=O) groups is 1. The SMILES string of the molecule is Cc1ccc2cccc(C(=O)NCc3ccnc(-n4cncn4)c3)c2n1. The Bertz CT molecular complexity index is 1070. The number of fused-ring (bicyclic) bond motifs is 1. The molecule has 0 aliphatic heterocycles. The van der Waals surface area contributed by atoms with Gasteiger partial charge in [-0.2, -0.15) is 5.10 Å². The molecular formula is C19H16N6O. The molecule has 7 heteroatoms. The van der Waals surface area contributed by atoms with Gasteiger partial charge >= 0.3 is 0 Å². The van der Waals surface area contributed by atoms with E-state index in [1.165, 1.54) is 6.33 Å². The van der Waals surface area contributed by atoms with Crippen LogP contribution in [0, 0.1) is 6.92 Å². The maximum absolute atomic E-state index is 12.7. The van der Waals surface area contributed by atoms with E-state index in [9.17, 15) is 4.79 Å². The summed E-state index contributed by atoms with van der Waals surface area (Å²) in [6.45, 7) is 2.29. The van der Waals surface area contributed by atoms with Crippen molar-refractivity contribution >= 4 is 16.8 Å². The highest BCUT2D eigenvalue weighted by Gasteiger charge is 2.11. The van der Waals surface area contributed by atoms with Crippen molar-refractivity contribution in [2.75, 3.05) is 0 Å². The van der Waals surface area contributed by atoms with E-state index in [-0.39, 0.29) is 5.91 Å². The van der Waals surface area contributed by atoms with Gasteiger partial charge in [0.2, 0.25) is 0 Å². The summed E-state index contributed by atoms with van der Waals surface area (Å²) >= 11 is 0. The number of hydrogen-bond donors (Lipinski definition) is 1. The van der Waals surface area contributed by atoms with Crippen LogP contribution < -0.4 is 5.32 Å². The number of pyridine rings is 2. The molecule has 3 aromatic heterocycles. The van der Waals surface area contributed by atoms with E-state index in [2.05, 4.69) is 25.4 Å². The van der Waals surface area contributed by atoms with Gasteiger partial charge < -0.3 is 5.32 Å². The molecule has 3 heterocycles. The molecule has 1 aromatic carbocycles. The summed E-state index contributed by atoms with van der Waals surface area (Å²) in [5.41, 5.74) is 3.08. The third-order valence-electron chi connectivity index (χ3n) is 4.02. The summed E-state index contributed by atoms with van der Waals surface area (Å²) in [6.07, 6.45) is 4.71. The van der Waals surface area contributed by atoms with Crippen LogP contribution in [-0.4, -0.2) is 30.6 Å². The number of hydrogen-bond acceptors (Lipinski definition) is 5. The summed E-state index contributed by atoms with van der Waals surface area (Å²) < 4.78 is 1.57. The summed E-state index contributed by atoms with van der Waals surface area (Å²) in [6, 6.07) is 13.2. The molecule has 0 bridgehead atoms. The largest absolute Gasteiger partial charge is 0.348 e. The maximum Gasteiger partial charge on any atom is 0.253 e. The Balaban J connectivity index is 1.55. The van der Waals surface area contributed by atoms with Gasteiger partial charge in [-0.1, -0.05) is 18.2 Å². The smallest absolute Gasteiger partial charge is 0.253 e. The second-order valence-electron chi connectivity index (χ2n) is 5.87. The lowest BCUT2D eigenvalue weighted by atomic mass is 10.1. The van der Waals surface area contributed by atoms with Crippen LogP contribution in [0.1, 0.15) is 21.6 Å². The summed E-state index contributed by atoms with van der Waals surface area (Å²) in [5, 5.41) is 7.95. The van der Waals surface area contributed by atoms with Crippen LogP contribution in [-0.2, 0) is 6.54 Å². The Morgan fingerprint density at radius 2 is 2.12 bits per heavy atom. The molecule has 0 atom stereocenters. The summed E-state index contributed by atoms with van der Waals surface area (Å²) in [5.74, 6) is 0.490. The van der Waals surface area contributed by atoms with Gasteiger partial charge in [0, 0.05) is 23.8 Å². The third-order valence-corrected chi connectivity index (χ3v) is 4.02. The number of amides is 1. The van der Waals surface area contributed by atoms with Gasteiger partial charge in [-0.15, -0.1) is 0 Å². The zero-order valence-electron chi connectivity index (χ0n) is 14.1. The molecular weight excluding hydrogens is 328 g/mol. The summed E-state index contributed by atoms with van der Waals surface area (Å²) in [4.78, 5) is 25.3. The number of benzene rings is 1. The van der Waals surface area contributed by atoms with Crippen molar-refractivity contribution < 1.29 is 4.79 Å². The minimum Gasteiger partial charge on any atom is -0.348 e. The summed E-state index contributed by atoms with van der Waals surface area (Å²) in [7, 11) is 0. The monoisotopic (exact) mass is 344 g/mol. The van der Waals surface area contributed by atoms with Gasteiger partial charge in [0.1, 0.15) is 12.7 Å². The predicted molar refractivity (Wildman–Crippen MR) is 96.8 cm³/mol. The zero-order chi connectivity index (χ0) is 17.9. The fraction of sp³-hybridized carbons (Fsp3) is 0.105. The van der Waals surface area contributed by atoms with E-state index in [1.807, 2.05) is 43.3 Å². The number of nitrogens with zero attached hydrogens (tertiary/aromatic N) is 5. The molecule has 1 amide bonds. The average Bonchev–Trinajstić information content (AvgIpc) is 3.20. The second kappa shape index (κ2) is 6.72. The van der Waals surface area contributed by atoms with Crippen LogP contribution in [0.15, 0.2) is 61.3 Å². The predicted octanol–water partition coefficient (Wildman–Crippen LogP) is 2.45. The first-order chi connectivity index (χ1) is 12.7. The van der Waals surface area contributed by atoms with E-state index in [0.717, 1.165) is 16.6 Å². The lowest BCUT2D eigenvalue weighted by molar-refractivity contribution is 0.0952. The van der Waals surface area contributed by atoms with E-state index in [0.29, 0.717) is 23.4 Å². The molecule has 1 N–H and O–H groups in total. The van der Waals surface area contributed by atoms with Crippen LogP contribution in [0.2, 0.25) is 0 Å². The molecule has 0 saturated carbocycles. The Morgan fingerprint density at radius 3 is 2.96 bits per heavy atom. The molecule has 26 heavy (non-hydrogen) atoms. The first-order valence-corrected chi connectivity index (χ1v) is 8.15. The molecule has 0 aliphatic rings. The van der Waals surface area contributed by atoms with Crippen LogP contribution in [0.25, 0.3) is 16.7 Å². The van der Waals surface area contributed by atoms with Gasteiger partial charge in [-0.3, -0.25) is 9.78 Å². The van der Waals surface area contributed by atoms with Crippen molar-refractivity contribution in [2.24, 2.45) is 0 Å². The fourth-order valence-corrected chi connectivity index (χ4v) is 2.73. The Morgan fingerprint density at radius 1 is 1.19 bits per heavy atom. The van der Waals surface area contributed by atoms with Gasteiger partial charge in [0.15, 0.2) is 5.82 Å². The average molecular weight is 344 g/mol. The Hall–Kier alpha value is -3.61. The van der Waals surface area contributed by atoms with E-state index < -0.39 is 0 Å². The molecule has 0 unspecified atom stereocenters. The number of rotatable bonds is 4. The standard InChI is InChI=1S/C19H16N6O/c1-13-5-6-15-3-2-4-16(18(15)24-13)19(26)22-10-14-7-8-21-17(9-14)25-12-20-11-23-25/h2-9,11-12H,10H2,1H3,(H,22,26). The molecule has 0 spiro atoms. The van der Waals surface area contributed by atoms with Crippen molar-refractivity contribution in [2.45, 2.75) is 13.5 Å². The first-order valence-electron chi connectivity index (χ1n) is 8.15. The lowest BCUT2D eigenvalue weighted by Crippen LogP contribution is -2.23. The number of aryl methyl sites for hydroxylation is 1. The highest BCUT2D eigenvalue weighted by atomic mass is 16.1. The second-order valence-corrected chi connectivity index (χ2v) is 5.87.